The minimum Gasteiger partial charge on any atom is -0.504 e. The zero-order valence-corrected chi connectivity index (χ0v) is 10.1. The average Bonchev–Trinajstić information content (AvgIpc) is 2.11. The number of phenols is 2. The van der Waals surface area contributed by atoms with Gasteiger partial charge in [-0.25, -0.2) is 0 Å². The van der Waals surface area contributed by atoms with Crippen LogP contribution in [0.5, 0.6) is 11.5 Å². The number of benzene rings is 1. The van der Waals surface area contributed by atoms with Crippen molar-refractivity contribution in [1.82, 2.24) is 5.32 Å². The van der Waals surface area contributed by atoms with E-state index >= 15 is 0 Å². The van der Waals surface area contributed by atoms with Crippen LogP contribution in [0.25, 0.3) is 0 Å². The summed E-state index contributed by atoms with van der Waals surface area (Å²) in [6.07, 6.45) is 0. The third-order valence-electron chi connectivity index (χ3n) is 1.83. The summed E-state index contributed by atoms with van der Waals surface area (Å²) in [5.74, 6) is -1.23. The van der Waals surface area contributed by atoms with Gasteiger partial charge in [0.25, 0.3) is 5.91 Å². The first kappa shape index (κ1) is 12.6. The van der Waals surface area contributed by atoms with Crippen molar-refractivity contribution in [3.05, 3.63) is 22.7 Å². The number of phenolic OH excluding ortho intramolecular Hbond substituents is 2. The number of carbonyl (C=O) groups excluding carboxylic acids is 1. The highest BCUT2D eigenvalue weighted by molar-refractivity contribution is 6.35. The van der Waals surface area contributed by atoms with E-state index in [1.54, 1.807) is 0 Å². The molecule has 0 heterocycles. The van der Waals surface area contributed by atoms with Crippen LogP contribution in [0.3, 0.4) is 0 Å². The molecule has 0 atom stereocenters. The molecule has 1 amide bonds. The summed E-state index contributed by atoms with van der Waals surface area (Å²) < 4.78 is 0. The monoisotopic (exact) mass is 243 g/mol. The van der Waals surface area contributed by atoms with E-state index in [0.717, 1.165) is 0 Å². The highest BCUT2D eigenvalue weighted by Gasteiger charge is 2.20. The van der Waals surface area contributed by atoms with Crippen LogP contribution in [0.15, 0.2) is 12.1 Å². The van der Waals surface area contributed by atoms with E-state index in [9.17, 15) is 15.0 Å². The van der Waals surface area contributed by atoms with Crippen molar-refractivity contribution in [2.24, 2.45) is 0 Å². The van der Waals surface area contributed by atoms with Gasteiger partial charge in [-0.15, -0.1) is 0 Å². The lowest BCUT2D eigenvalue weighted by molar-refractivity contribution is 0.0919. The normalized spacial score (nSPS) is 11.2. The molecule has 3 N–H and O–H groups in total. The molecule has 16 heavy (non-hydrogen) atoms. The first-order valence-corrected chi connectivity index (χ1v) is 5.13. The average molecular weight is 244 g/mol. The predicted octanol–water partition coefficient (Wildman–Crippen LogP) is 2.28. The van der Waals surface area contributed by atoms with Gasteiger partial charge in [-0.3, -0.25) is 4.79 Å². The maximum atomic E-state index is 11.8. The van der Waals surface area contributed by atoms with Crippen molar-refractivity contribution < 1.29 is 15.0 Å². The van der Waals surface area contributed by atoms with E-state index in [0.29, 0.717) is 0 Å². The largest absolute Gasteiger partial charge is 0.504 e. The Morgan fingerprint density at radius 3 is 2.38 bits per heavy atom. The van der Waals surface area contributed by atoms with Crippen LogP contribution >= 0.6 is 11.6 Å². The summed E-state index contributed by atoms with van der Waals surface area (Å²) >= 11 is 5.75. The number of amides is 1. The van der Waals surface area contributed by atoms with Crippen molar-refractivity contribution >= 4 is 17.5 Å². The fourth-order valence-electron chi connectivity index (χ4n) is 1.14. The van der Waals surface area contributed by atoms with Crippen molar-refractivity contribution in [3.63, 3.8) is 0 Å². The number of nitrogens with one attached hydrogen (secondary N) is 1. The van der Waals surface area contributed by atoms with Gasteiger partial charge in [0, 0.05) is 5.54 Å². The van der Waals surface area contributed by atoms with E-state index in [2.05, 4.69) is 5.32 Å². The second kappa shape index (κ2) is 4.22. The van der Waals surface area contributed by atoms with Crippen LogP contribution in [0.1, 0.15) is 31.1 Å². The van der Waals surface area contributed by atoms with Crippen LogP contribution in [0, 0.1) is 0 Å². The third kappa shape index (κ3) is 2.79. The minimum absolute atomic E-state index is 0.131. The Morgan fingerprint density at radius 1 is 1.31 bits per heavy atom. The molecule has 0 aliphatic heterocycles. The molecule has 0 spiro atoms. The summed E-state index contributed by atoms with van der Waals surface area (Å²) in [7, 11) is 0. The molecular formula is C11H14ClNO3. The lowest BCUT2D eigenvalue weighted by Gasteiger charge is -2.21. The number of hydrogen-bond donors (Lipinski definition) is 3. The topological polar surface area (TPSA) is 69.6 Å². The molecule has 0 saturated carbocycles. The molecule has 1 aromatic rings. The summed E-state index contributed by atoms with van der Waals surface area (Å²) in [5, 5.41) is 21.1. The molecule has 1 rings (SSSR count). The van der Waals surface area contributed by atoms with Crippen molar-refractivity contribution in [2.75, 3.05) is 0 Å². The Kier molecular flexibility index (Phi) is 3.33. The lowest BCUT2D eigenvalue weighted by atomic mass is 10.1. The highest BCUT2D eigenvalue weighted by Crippen LogP contribution is 2.35. The zero-order valence-electron chi connectivity index (χ0n) is 9.34. The first-order chi connectivity index (χ1) is 7.22. The smallest absolute Gasteiger partial charge is 0.253 e. The molecule has 88 valence electrons. The molecule has 0 aliphatic rings. The van der Waals surface area contributed by atoms with E-state index in [1.165, 1.54) is 12.1 Å². The van der Waals surface area contributed by atoms with Crippen LogP contribution in [0.2, 0.25) is 5.02 Å². The van der Waals surface area contributed by atoms with Gasteiger partial charge in [-0.1, -0.05) is 11.6 Å². The molecule has 1 aromatic carbocycles. The number of rotatable bonds is 1. The Hall–Kier alpha value is -1.42. The Bertz CT molecular complexity index is 424. The van der Waals surface area contributed by atoms with E-state index in [1.807, 2.05) is 20.8 Å². The Labute approximate surface area is 98.9 Å². The van der Waals surface area contributed by atoms with E-state index in [-0.39, 0.29) is 16.3 Å². The van der Waals surface area contributed by atoms with Crippen molar-refractivity contribution in [3.8, 4) is 11.5 Å². The summed E-state index contributed by atoms with van der Waals surface area (Å²) in [6, 6.07) is 2.58. The van der Waals surface area contributed by atoms with Gasteiger partial charge in [0.15, 0.2) is 11.5 Å². The minimum atomic E-state index is -0.483. The summed E-state index contributed by atoms with van der Waals surface area (Å²) in [6.45, 7) is 5.50. The fraction of sp³-hybridized carbons (Fsp3) is 0.364. The van der Waals surface area contributed by atoms with Crippen molar-refractivity contribution in [2.45, 2.75) is 26.3 Å². The molecule has 0 aromatic heterocycles. The van der Waals surface area contributed by atoms with Crippen molar-refractivity contribution in [1.29, 1.82) is 0 Å². The predicted molar refractivity (Wildman–Crippen MR) is 62.0 cm³/mol. The number of carbonyl (C=O) groups is 1. The Balaban J connectivity index is 3.06. The number of aromatic hydroxyl groups is 2. The molecule has 0 saturated heterocycles. The van der Waals surface area contributed by atoms with Crippen LogP contribution in [-0.4, -0.2) is 21.7 Å². The van der Waals surface area contributed by atoms with Gasteiger partial charge in [0.2, 0.25) is 0 Å². The van der Waals surface area contributed by atoms with Crippen LogP contribution < -0.4 is 5.32 Å². The van der Waals surface area contributed by atoms with Crippen LogP contribution in [-0.2, 0) is 0 Å². The maximum absolute atomic E-state index is 11.8. The zero-order chi connectivity index (χ0) is 12.5. The first-order valence-electron chi connectivity index (χ1n) is 4.75. The SMILES string of the molecule is CC(C)(C)NC(=O)c1ccc(O)c(O)c1Cl. The highest BCUT2D eigenvalue weighted by atomic mass is 35.5. The summed E-state index contributed by atoms with van der Waals surface area (Å²) in [5.41, 5.74) is -0.264. The van der Waals surface area contributed by atoms with Gasteiger partial charge < -0.3 is 15.5 Å². The Morgan fingerprint density at radius 2 is 1.88 bits per heavy atom. The van der Waals surface area contributed by atoms with E-state index < -0.39 is 17.2 Å². The molecule has 0 radical (unpaired) electrons. The molecular weight excluding hydrogens is 230 g/mol. The molecule has 4 nitrogen and oxygen atoms in total. The quantitative estimate of drug-likeness (QED) is 0.663. The fourth-order valence-corrected chi connectivity index (χ4v) is 1.38. The molecule has 0 fully saturated rings. The lowest BCUT2D eigenvalue weighted by Crippen LogP contribution is -2.40. The van der Waals surface area contributed by atoms with Gasteiger partial charge in [0.05, 0.1) is 10.6 Å². The summed E-state index contributed by atoms with van der Waals surface area (Å²) in [4.78, 5) is 11.8. The molecule has 0 bridgehead atoms. The number of hydrogen-bond acceptors (Lipinski definition) is 3. The third-order valence-corrected chi connectivity index (χ3v) is 2.21. The second-order valence-corrected chi connectivity index (χ2v) is 4.88. The second-order valence-electron chi connectivity index (χ2n) is 4.50. The molecule has 0 unspecified atom stereocenters. The molecule has 5 heteroatoms. The van der Waals surface area contributed by atoms with Gasteiger partial charge in [-0.05, 0) is 32.9 Å². The molecule has 0 aliphatic carbocycles. The standard InChI is InChI=1S/C11H14ClNO3/c1-11(2,3)13-10(16)6-4-5-7(14)9(15)8(6)12/h4-5,14-15H,1-3H3,(H,13,16). The number of halogens is 1. The van der Waals surface area contributed by atoms with Crippen LogP contribution in [0.4, 0.5) is 0 Å². The van der Waals surface area contributed by atoms with Gasteiger partial charge in [0.1, 0.15) is 0 Å². The van der Waals surface area contributed by atoms with Gasteiger partial charge >= 0.3 is 0 Å². The van der Waals surface area contributed by atoms with E-state index in [4.69, 9.17) is 11.6 Å². The van der Waals surface area contributed by atoms with Gasteiger partial charge in [-0.2, -0.15) is 0 Å². The maximum Gasteiger partial charge on any atom is 0.253 e.